The van der Waals surface area contributed by atoms with Gasteiger partial charge in [-0.2, -0.15) is 0 Å². The van der Waals surface area contributed by atoms with Crippen molar-refractivity contribution >= 4 is 17.9 Å². The van der Waals surface area contributed by atoms with Gasteiger partial charge in [-0.3, -0.25) is 9.59 Å². The lowest BCUT2D eigenvalue weighted by molar-refractivity contribution is -0.135. The van der Waals surface area contributed by atoms with Crippen molar-refractivity contribution in [2.75, 3.05) is 39.9 Å². The summed E-state index contributed by atoms with van der Waals surface area (Å²) in [5.41, 5.74) is 0.845. The van der Waals surface area contributed by atoms with E-state index in [4.69, 9.17) is 9.47 Å². The van der Waals surface area contributed by atoms with E-state index in [2.05, 4.69) is 17.1 Å². The number of methoxy groups -OCH3 is 1. The van der Waals surface area contributed by atoms with Crippen molar-refractivity contribution < 1.29 is 19.1 Å². The Bertz CT molecular complexity index is 896. The molecule has 4 rings (SSSR count). The molecule has 36 heavy (non-hydrogen) atoms. The molecule has 2 aliphatic heterocycles. The van der Waals surface area contributed by atoms with Crippen LogP contribution in [-0.2, 0) is 9.59 Å². The highest BCUT2D eigenvalue weighted by molar-refractivity contribution is 5.92. The van der Waals surface area contributed by atoms with E-state index < -0.39 is 0 Å². The summed E-state index contributed by atoms with van der Waals surface area (Å²) in [4.78, 5) is 29.6. The highest BCUT2D eigenvalue weighted by atomic mass is 16.5. The number of hydrogen-bond donors (Lipinski definition) is 1. The second-order valence-electron chi connectivity index (χ2n) is 10.7. The summed E-state index contributed by atoms with van der Waals surface area (Å²) in [6.07, 6.45) is 13.8. The van der Waals surface area contributed by atoms with Crippen LogP contribution in [0.3, 0.4) is 0 Å². The Morgan fingerprint density at radius 1 is 0.972 bits per heavy atom. The van der Waals surface area contributed by atoms with Crippen LogP contribution >= 0.6 is 0 Å². The zero-order valence-electron chi connectivity index (χ0n) is 22.0. The third-order valence-electron chi connectivity index (χ3n) is 8.05. The van der Waals surface area contributed by atoms with Crippen molar-refractivity contribution in [2.45, 2.75) is 76.8 Å². The van der Waals surface area contributed by atoms with Gasteiger partial charge < -0.3 is 24.6 Å². The first-order valence-electron chi connectivity index (χ1n) is 13.8. The Balaban J connectivity index is 1.23. The van der Waals surface area contributed by atoms with E-state index in [-0.39, 0.29) is 24.5 Å². The number of likely N-dealkylation sites (tertiary alicyclic amines) is 2. The van der Waals surface area contributed by atoms with Crippen LogP contribution in [0.15, 0.2) is 24.3 Å². The molecule has 0 atom stereocenters. The van der Waals surface area contributed by atoms with Gasteiger partial charge in [-0.1, -0.05) is 19.4 Å². The van der Waals surface area contributed by atoms with Crippen molar-refractivity contribution in [3.05, 3.63) is 29.8 Å². The minimum absolute atomic E-state index is 0.00232. The summed E-state index contributed by atoms with van der Waals surface area (Å²) in [5.74, 6) is 1.80. The average Bonchev–Trinajstić information content (AvgIpc) is 2.92. The fraction of sp³-hybridized carbons (Fsp3) is 0.655. The maximum absolute atomic E-state index is 12.8. The predicted octanol–water partition coefficient (Wildman–Crippen LogP) is 4.26. The lowest BCUT2D eigenvalue weighted by Gasteiger charge is -2.40. The molecule has 1 aliphatic carbocycles. The van der Waals surface area contributed by atoms with Crippen molar-refractivity contribution in [2.24, 2.45) is 5.92 Å². The van der Waals surface area contributed by atoms with Gasteiger partial charge in [0.25, 0.3) is 5.91 Å². The summed E-state index contributed by atoms with van der Waals surface area (Å²) >= 11 is 0. The van der Waals surface area contributed by atoms with E-state index >= 15 is 0 Å². The van der Waals surface area contributed by atoms with E-state index in [1.165, 1.54) is 45.2 Å². The molecule has 1 saturated carbocycles. The molecule has 1 aromatic rings. The third-order valence-corrected chi connectivity index (χ3v) is 8.05. The number of piperidine rings is 2. The molecule has 7 heteroatoms. The number of rotatable bonds is 8. The molecule has 2 amide bonds. The molecule has 1 N–H and O–H groups in total. The molecule has 198 valence electrons. The maximum Gasteiger partial charge on any atom is 0.260 e. The quantitative estimate of drug-likeness (QED) is 0.544. The van der Waals surface area contributed by atoms with Crippen molar-refractivity contribution in [3.63, 3.8) is 0 Å². The molecule has 2 heterocycles. The molecule has 2 saturated heterocycles. The first kappa shape index (κ1) is 26.5. The van der Waals surface area contributed by atoms with Gasteiger partial charge in [-0.15, -0.1) is 0 Å². The van der Waals surface area contributed by atoms with E-state index in [0.29, 0.717) is 17.5 Å². The first-order chi connectivity index (χ1) is 17.5. The fourth-order valence-corrected chi connectivity index (χ4v) is 5.73. The Kier molecular flexibility index (Phi) is 9.67. The second kappa shape index (κ2) is 13.1. The fourth-order valence-electron chi connectivity index (χ4n) is 5.73. The smallest absolute Gasteiger partial charge is 0.260 e. The monoisotopic (exact) mass is 497 g/mol. The van der Waals surface area contributed by atoms with E-state index in [9.17, 15) is 9.59 Å². The number of nitrogens with one attached hydrogen (secondary N) is 1. The molecule has 0 aromatic heterocycles. The zero-order valence-corrected chi connectivity index (χ0v) is 22.0. The standard InChI is InChI=1S/C29H43N3O4/c1-22-6-10-24(11-7-22)30-28(33)13-9-23-8-12-26(27(20-23)35-2)36-21-29(34)32-18-14-25(15-19-32)31-16-4-3-5-17-31/h8-9,12-13,20,22,24-25H,3-7,10-11,14-19,21H2,1-2H3,(H,30,33)/b13-9+. The minimum Gasteiger partial charge on any atom is -0.493 e. The lowest BCUT2D eigenvalue weighted by atomic mass is 9.87. The Morgan fingerprint density at radius 2 is 1.69 bits per heavy atom. The van der Waals surface area contributed by atoms with E-state index in [1.807, 2.05) is 17.0 Å². The van der Waals surface area contributed by atoms with Crippen LogP contribution in [-0.4, -0.2) is 73.6 Å². The maximum atomic E-state index is 12.8. The minimum atomic E-state index is -0.0662. The molecule has 0 spiro atoms. The Labute approximate surface area is 216 Å². The molecule has 0 radical (unpaired) electrons. The van der Waals surface area contributed by atoms with Gasteiger partial charge in [-0.25, -0.2) is 0 Å². The Hall–Kier alpha value is -2.54. The van der Waals surface area contributed by atoms with Crippen LogP contribution in [0.2, 0.25) is 0 Å². The number of hydrogen-bond acceptors (Lipinski definition) is 5. The molecular weight excluding hydrogens is 454 g/mol. The highest BCUT2D eigenvalue weighted by Gasteiger charge is 2.28. The summed E-state index contributed by atoms with van der Waals surface area (Å²) in [5, 5.41) is 3.11. The van der Waals surface area contributed by atoms with Crippen LogP contribution < -0.4 is 14.8 Å². The number of carbonyl (C=O) groups is 2. The van der Waals surface area contributed by atoms with Gasteiger partial charge in [-0.05, 0) is 94.1 Å². The molecular formula is C29H43N3O4. The average molecular weight is 498 g/mol. The van der Waals surface area contributed by atoms with Gasteiger partial charge in [0.2, 0.25) is 5.91 Å². The SMILES string of the molecule is COc1cc(/C=C/C(=O)NC2CCC(C)CC2)ccc1OCC(=O)N1CCC(N2CCCCC2)CC1. The topological polar surface area (TPSA) is 71.1 Å². The number of amides is 2. The Morgan fingerprint density at radius 3 is 2.39 bits per heavy atom. The highest BCUT2D eigenvalue weighted by Crippen LogP contribution is 2.29. The van der Waals surface area contributed by atoms with Gasteiger partial charge in [0.05, 0.1) is 7.11 Å². The molecule has 7 nitrogen and oxygen atoms in total. The van der Waals surface area contributed by atoms with E-state index in [1.54, 1.807) is 25.3 Å². The molecule has 3 fully saturated rings. The van der Waals surface area contributed by atoms with Crippen molar-refractivity contribution in [3.8, 4) is 11.5 Å². The molecule has 1 aromatic carbocycles. The van der Waals surface area contributed by atoms with Gasteiger partial charge in [0.1, 0.15) is 0 Å². The van der Waals surface area contributed by atoms with Crippen LogP contribution in [0.1, 0.15) is 70.3 Å². The second-order valence-corrected chi connectivity index (χ2v) is 10.7. The largest absolute Gasteiger partial charge is 0.493 e. The predicted molar refractivity (Wildman–Crippen MR) is 142 cm³/mol. The number of carbonyl (C=O) groups excluding carboxylic acids is 2. The van der Waals surface area contributed by atoms with Crippen LogP contribution in [0.5, 0.6) is 11.5 Å². The van der Waals surface area contributed by atoms with Crippen molar-refractivity contribution in [1.29, 1.82) is 0 Å². The first-order valence-corrected chi connectivity index (χ1v) is 13.8. The summed E-state index contributed by atoms with van der Waals surface area (Å²) in [7, 11) is 1.58. The van der Waals surface area contributed by atoms with Crippen LogP contribution in [0, 0.1) is 5.92 Å². The summed E-state index contributed by atoms with van der Waals surface area (Å²) < 4.78 is 11.3. The van der Waals surface area contributed by atoms with Gasteiger partial charge >= 0.3 is 0 Å². The number of ether oxygens (including phenoxy) is 2. The normalized spacial score (nSPS) is 24.0. The molecule has 0 bridgehead atoms. The van der Waals surface area contributed by atoms with E-state index in [0.717, 1.165) is 50.3 Å². The summed E-state index contributed by atoms with van der Waals surface area (Å²) in [6, 6.07) is 6.39. The number of benzene rings is 1. The lowest BCUT2D eigenvalue weighted by Crippen LogP contribution is -2.49. The molecule has 3 aliphatic rings. The number of nitrogens with zero attached hydrogens (tertiary/aromatic N) is 2. The van der Waals surface area contributed by atoms with Gasteiger partial charge in [0.15, 0.2) is 18.1 Å². The van der Waals surface area contributed by atoms with Crippen LogP contribution in [0.25, 0.3) is 6.08 Å². The van der Waals surface area contributed by atoms with Crippen molar-refractivity contribution in [1.82, 2.24) is 15.1 Å². The third kappa shape index (κ3) is 7.48. The van der Waals surface area contributed by atoms with Crippen LogP contribution in [0.4, 0.5) is 0 Å². The van der Waals surface area contributed by atoms with Gasteiger partial charge in [0, 0.05) is 31.2 Å². The summed E-state index contributed by atoms with van der Waals surface area (Å²) in [6.45, 7) is 6.28. The molecule has 0 unspecified atom stereocenters. The zero-order chi connectivity index (χ0) is 25.3.